The molecule has 3 heterocycles. The third-order valence-electron chi connectivity index (χ3n) is 7.18. The molecule has 1 atom stereocenters. The molecule has 0 saturated carbocycles. The van der Waals surface area contributed by atoms with Crippen LogP contribution in [0, 0.1) is 0 Å². The second-order valence-corrected chi connectivity index (χ2v) is 9.23. The minimum absolute atomic E-state index is 0.0504. The van der Waals surface area contributed by atoms with Crippen LogP contribution < -0.4 is 14.2 Å². The van der Waals surface area contributed by atoms with Crippen LogP contribution in [-0.4, -0.2) is 81.5 Å². The Bertz CT molecular complexity index is 1100. The topological polar surface area (TPSA) is 82.1 Å². The molecule has 36 heavy (non-hydrogen) atoms. The molecule has 0 unspecified atom stereocenters. The van der Waals surface area contributed by atoms with Crippen molar-refractivity contribution >= 4 is 11.6 Å². The Balaban J connectivity index is 1.38. The van der Waals surface area contributed by atoms with Crippen molar-refractivity contribution in [3.8, 4) is 17.2 Å². The molecule has 5 rings (SSSR count). The third kappa shape index (κ3) is 4.91. The number of nitrogens with zero attached hydrogens (tertiary/aromatic N) is 3. The highest BCUT2D eigenvalue weighted by atomic mass is 16.7. The van der Waals surface area contributed by atoms with Crippen LogP contribution >= 0.6 is 0 Å². The largest absolute Gasteiger partial charge is 0.497 e. The minimum atomic E-state index is -0.466. The van der Waals surface area contributed by atoms with E-state index >= 15 is 0 Å². The molecular weight excluding hydrogens is 462 g/mol. The van der Waals surface area contributed by atoms with Gasteiger partial charge in [0.25, 0.3) is 5.91 Å². The van der Waals surface area contributed by atoms with E-state index in [0.717, 1.165) is 48.5 Å². The Morgan fingerprint density at radius 1 is 0.972 bits per heavy atom. The van der Waals surface area contributed by atoms with Gasteiger partial charge in [-0.2, -0.15) is 5.10 Å². The summed E-state index contributed by atoms with van der Waals surface area (Å²) in [6, 6.07) is 13.2. The Morgan fingerprint density at radius 3 is 2.28 bits per heavy atom. The molecule has 0 radical (unpaired) electrons. The molecule has 9 heteroatoms. The molecule has 2 fully saturated rings. The molecule has 2 aromatic rings. The van der Waals surface area contributed by atoms with Gasteiger partial charge in [0.05, 0.1) is 52.8 Å². The number of ether oxygens (including phenoxy) is 5. The molecule has 0 aliphatic carbocycles. The van der Waals surface area contributed by atoms with Gasteiger partial charge in [-0.1, -0.05) is 0 Å². The van der Waals surface area contributed by atoms with E-state index in [1.165, 1.54) is 0 Å². The van der Waals surface area contributed by atoms with Gasteiger partial charge < -0.3 is 23.7 Å². The molecule has 0 aromatic heterocycles. The normalized spacial score (nSPS) is 21.5. The van der Waals surface area contributed by atoms with Crippen LogP contribution in [0.5, 0.6) is 17.2 Å². The number of rotatable bonds is 7. The highest BCUT2D eigenvalue weighted by Crippen LogP contribution is 2.39. The number of hydrogen-bond acceptors (Lipinski definition) is 8. The summed E-state index contributed by atoms with van der Waals surface area (Å²) in [5, 5.41) is 6.44. The molecule has 9 nitrogen and oxygen atoms in total. The smallest absolute Gasteiger partial charge is 0.257 e. The van der Waals surface area contributed by atoms with Crippen molar-refractivity contribution in [2.24, 2.45) is 5.10 Å². The number of piperidine rings is 1. The maximum Gasteiger partial charge on any atom is 0.257 e. The van der Waals surface area contributed by atoms with Crippen LogP contribution in [0.3, 0.4) is 0 Å². The number of hydrazone groups is 1. The Labute approximate surface area is 211 Å². The minimum Gasteiger partial charge on any atom is -0.497 e. The first-order chi connectivity index (χ1) is 17.5. The maximum absolute atomic E-state index is 13.6. The summed E-state index contributed by atoms with van der Waals surface area (Å²) in [7, 11) is 4.89. The van der Waals surface area contributed by atoms with Crippen LogP contribution in [0.2, 0.25) is 0 Å². The first-order valence-electron chi connectivity index (χ1n) is 12.3. The Kier molecular flexibility index (Phi) is 7.13. The first kappa shape index (κ1) is 24.5. The molecular formula is C27H33N3O6. The summed E-state index contributed by atoms with van der Waals surface area (Å²) >= 11 is 0. The van der Waals surface area contributed by atoms with E-state index in [0.29, 0.717) is 31.1 Å². The van der Waals surface area contributed by atoms with Gasteiger partial charge in [0.1, 0.15) is 17.2 Å². The van der Waals surface area contributed by atoms with Crippen molar-refractivity contribution < 1.29 is 28.5 Å². The first-order valence-corrected chi connectivity index (χ1v) is 12.3. The van der Waals surface area contributed by atoms with Crippen LogP contribution in [0.1, 0.15) is 36.4 Å². The van der Waals surface area contributed by atoms with Crippen molar-refractivity contribution in [1.82, 2.24) is 9.91 Å². The zero-order valence-electron chi connectivity index (χ0n) is 21.1. The molecule has 1 amide bonds. The number of benzene rings is 2. The van der Waals surface area contributed by atoms with Crippen molar-refractivity contribution in [3.63, 3.8) is 0 Å². The molecule has 2 saturated heterocycles. The van der Waals surface area contributed by atoms with E-state index in [1.54, 1.807) is 26.3 Å². The Morgan fingerprint density at radius 2 is 1.64 bits per heavy atom. The van der Waals surface area contributed by atoms with Crippen molar-refractivity contribution in [2.75, 3.05) is 54.2 Å². The molecule has 192 valence electrons. The lowest BCUT2D eigenvalue weighted by Crippen LogP contribution is -2.48. The average molecular weight is 496 g/mol. The summed E-state index contributed by atoms with van der Waals surface area (Å²) < 4.78 is 28.0. The zero-order chi connectivity index (χ0) is 25.1. The standard InChI is InChI=1S/C27H33N3O6/c1-32-20-6-4-19(5-7-20)23-17-24(22-9-8-21(33-2)16-25(22)34-3)30(28-23)26(31)18-29-12-10-27(11-13-29)35-14-15-36-27/h4-9,16,24H,10-15,17-18H2,1-3H3/t24-/m0/s1. The van der Waals surface area contributed by atoms with Gasteiger partial charge in [-0.15, -0.1) is 0 Å². The zero-order valence-corrected chi connectivity index (χ0v) is 21.1. The van der Waals surface area contributed by atoms with Crippen LogP contribution in [0.15, 0.2) is 47.6 Å². The van der Waals surface area contributed by atoms with Crippen LogP contribution in [-0.2, 0) is 14.3 Å². The van der Waals surface area contributed by atoms with Gasteiger partial charge in [0, 0.05) is 44.0 Å². The van der Waals surface area contributed by atoms with Crippen molar-refractivity contribution in [1.29, 1.82) is 0 Å². The van der Waals surface area contributed by atoms with E-state index < -0.39 is 5.79 Å². The van der Waals surface area contributed by atoms with Gasteiger partial charge in [0.2, 0.25) is 0 Å². The summed E-state index contributed by atoms with van der Waals surface area (Å²) in [5.41, 5.74) is 2.70. The third-order valence-corrected chi connectivity index (χ3v) is 7.18. The number of hydrogen-bond donors (Lipinski definition) is 0. The number of likely N-dealkylation sites (tertiary alicyclic amines) is 1. The van der Waals surface area contributed by atoms with Crippen molar-refractivity contribution in [3.05, 3.63) is 53.6 Å². The van der Waals surface area contributed by atoms with Gasteiger partial charge in [-0.25, -0.2) is 5.01 Å². The molecule has 0 N–H and O–H groups in total. The maximum atomic E-state index is 13.6. The highest BCUT2D eigenvalue weighted by Gasteiger charge is 2.41. The van der Waals surface area contributed by atoms with E-state index in [4.69, 9.17) is 28.8 Å². The molecule has 2 aromatic carbocycles. The fraction of sp³-hybridized carbons (Fsp3) is 0.481. The SMILES string of the molecule is COc1ccc(C2=NN(C(=O)CN3CCC4(CC3)OCCO4)[C@H](c3ccc(OC)cc3OC)C2)cc1. The second-order valence-electron chi connectivity index (χ2n) is 9.23. The van der Waals surface area contributed by atoms with Gasteiger partial charge in [0.15, 0.2) is 5.79 Å². The van der Waals surface area contributed by atoms with E-state index in [-0.39, 0.29) is 18.5 Å². The number of carbonyl (C=O) groups excluding carboxylic acids is 1. The summed E-state index contributed by atoms with van der Waals surface area (Å²) in [4.78, 5) is 15.8. The molecule has 1 spiro atoms. The van der Waals surface area contributed by atoms with Gasteiger partial charge >= 0.3 is 0 Å². The highest BCUT2D eigenvalue weighted by molar-refractivity contribution is 6.03. The van der Waals surface area contributed by atoms with Crippen molar-refractivity contribution in [2.45, 2.75) is 31.1 Å². The lowest BCUT2D eigenvalue weighted by atomic mass is 9.97. The Hall–Kier alpha value is -3.14. The molecule has 3 aliphatic rings. The lowest BCUT2D eigenvalue weighted by molar-refractivity contribution is -0.186. The predicted octanol–water partition coefficient (Wildman–Crippen LogP) is 3.23. The van der Waals surface area contributed by atoms with Gasteiger partial charge in [-0.3, -0.25) is 9.69 Å². The number of amides is 1. The monoisotopic (exact) mass is 495 g/mol. The molecule has 0 bridgehead atoms. The predicted molar refractivity (Wildman–Crippen MR) is 134 cm³/mol. The lowest BCUT2D eigenvalue weighted by Gasteiger charge is -2.37. The quantitative estimate of drug-likeness (QED) is 0.583. The fourth-order valence-corrected chi connectivity index (χ4v) is 5.14. The summed E-state index contributed by atoms with van der Waals surface area (Å²) in [5.74, 6) is 1.62. The average Bonchev–Trinajstić information content (AvgIpc) is 3.57. The second kappa shape index (κ2) is 10.5. The van der Waals surface area contributed by atoms with E-state index in [9.17, 15) is 4.79 Å². The number of methoxy groups -OCH3 is 3. The summed E-state index contributed by atoms with van der Waals surface area (Å²) in [6.07, 6.45) is 2.10. The summed E-state index contributed by atoms with van der Waals surface area (Å²) in [6.45, 7) is 3.04. The van der Waals surface area contributed by atoms with E-state index in [1.807, 2.05) is 42.5 Å². The number of carbonyl (C=O) groups is 1. The fourth-order valence-electron chi connectivity index (χ4n) is 5.14. The van der Waals surface area contributed by atoms with Crippen LogP contribution in [0.25, 0.3) is 0 Å². The van der Waals surface area contributed by atoms with E-state index in [2.05, 4.69) is 4.90 Å². The van der Waals surface area contributed by atoms with Gasteiger partial charge in [-0.05, 0) is 42.0 Å². The van der Waals surface area contributed by atoms with Crippen LogP contribution in [0.4, 0.5) is 0 Å². The molecule has 3 aliphatic heterocycles.